The Bertz CT molecular complexity index is 618. The van der Waals surface area contributed by atoms with Crippen molar-refractivity contribution < 1.29 is 13.9 Å². The minimum atomic E-state index is -0.731. The van der Waals surface area contributed by atoms with E-state index < -0.39 is 5.60 Å². The van der Waals surface area contributed by atoms with Crippen LogP contribution in [-0.2, 0) is 16.1 Å². The van der Waals surface area contributed by atoms with Gasteiger partial charge in [-0.15, -0.1) is 11.3 Å². The molecule has 1 saturated heterocycles. The fraction of sp³-hybridized carbons (Fsp3) is 0.467. The van der Waals surface area contributed by atoms with Crippen LogP contribution in [0.1, 0.15) is 18.5 Å². The molecule has 2 aromatic rings. The lowest BCUT2D eigenvalue weighted by Crippen LogP contribution is -2.53. The number of aromatic nitrogens is 1. The van der Waals surface area contributed by atoms with E-state index in [0.717, 1.165) is 18.0 Å². The van der Waals surface area contributed by atoms with Gasteiger partial charge in [-0.2, -0.15) is 0 Å². The zero-order valence-corrected chi connectivity index (χ0v) is 13.2. The second-order valence-corrected chi connectivity index (χ2v) is 6.20. The number of hydrogen-bond donors (Lipinski definition) is 2. The fourth-order valence-corrected chi connectivity index (χ4v) is 3.24. The molecule has 3 rings (SSSR count). The predicted octanol–water partition coefficient (Wildman–Crippen LogP) is 1.79. The number of carbonyl (C=O) groups is 1. The van der Waals surface area contributed by atoms with Gasteiger partial charge in [-0.3, -0.25) is 4.79 Å². The van der Waals surface area contributed by atoms with Crippen LogP contribution in [-0.4, -0.2) is 36.7 Å². The molecule has 2 aromatic heterocycles. The average Bonchev–Trinajstić information content (AvgIpc) is 3.24. The predicted molar refractivity (Wildman–Crippen MR) is 83.5 cm³/mol. The Kier molecular flexibility index (Phi) is 4.56. The van der Waals surface area contributed by atoms with Crippen LogP contribution >= 0.6 is 11.3 Å². The third-order valence-corrected chi connectivity index (χ3v) is 4.79. The van der Waals surface area contributed by atoms with Gasteiger partial charge in [-0.1, -0.05) is 6.07 Å². The largest absolute Gasteiger partial charge is 0.443 e. The van der Waals surface area contributed by atoms with Gasteiger partial charge in [0.1, 0.15) is 11.9 Å². The van der Waals surface area contributed by atoms with Crippen LogP contribution in [0.15, 0.2) is 28.2 Å². The van der Waals surface area contributed by atoms with Crippen molar-refractivity contribution in [1.82, 2.24) is 15.6 Å². The molecule has 2 N–H and O–H groups in total. The van der Waals surface area contributed by atoms with E-state index in [9.17, 15) is 4.79 Å². The van der Waals surface area contributed by atoms with E-state index in [-0.39, 0.29) is 5.91 Å². The second kappa shape index (κ2) is 6.60. The zero-order valence-electron chi connectivity index (χ0n) is 12.4. The molecule has 3 heterocycles. The smallest absolute Gasteiger partial charge is 0.252 e. The molecule has 118 valence electrons. The molecule has 0 bridgehead atoms. The summed E-state index contributed by atoms with van der Waals surface area (Å²) in [7, 11) is 1.59. The molecule has 22 heavy (non-hydrogen) atoms. The highest BCUT2D eigenvalue weighted by Gasteiger charge is 2.39. The van der Waals surface area contributed by atoms with Crippen molar-refractivity contribution in [2.75, 3.05) is 20.2 Å². The maximum atomic E-state index is 12.4. The van der Waals surface area contributed by atoms with Crippen LogP contribution in [0.3, 0.4) is 0 Å². The standard InChI is InChI=1S/C15H19N3O3S/c1-20-15(4-6-16-7-5-15)14(19)17-9-11-10-21-13(18-11)12-3-2-8-22-12/h2-3,8,10,16H,4-7,9H2,1H3,(H,17,19). The summed E-state index contributed by atoms with van der Waals surface area (Å²) in [6.07, 6.45) is 2.93. The Morgan fingerprint density at radius 1 is 1.55 bits per heavy atom. The number of carbonyl (C=O) groups excluding carboxylic acids is 1. The fourth-order valence-electron chi connectivity index (χ4n) is 2.59. The number of thiophene rings is 1. The van der Waals surface area contributed by atoms with E-state index in [4.69, 9.17) is 9.15 Å². The number of hydrogen-bond acceptors (Lipinski definition) is 6. The number of rotatable bonds is 5. The Labute approximate surface area is 132 Å². The maximum absolute atomic E-state index is 12.4. The number of methoxy groups -OCH3 is 1. The van der Waals surface area contributed by atoms with Gasteiger partial charge in [-0.25, -0.2) is 4.98 Å². The third-order valence-electron chi connectivity index (χ3n) is 3.93. The van der Waals surface area contributed by atoms with E-state index >= 15 is 0 Å². The summed E-state index contributed by atoms with van der Waals surface area (Å²) in [6.45, 7) is 1.91. The minimum Gasteiger partial charge on any atom is -0.443 e. The van der Waals surface area contributed by atoms with Crippen molar-refractivity contribution in [2.24, 2.45) is 0 Å². The lowest BCUT2D eigenvalue weighted by Gasteiger charge is -2.34. The van der Waals surface area contributed by atoms with Gasteiger partial charge in [0.25, 0.3) is 5.91 Å². The van der Waals surface area contributed by atoms with Crippen LogP contribution in [0.5, 0.6) is 0 Å². The van der Waals surface area contributed by atoms with Crippen molar-refractivity contribution in [3.63, 3.8) is 0 Å². The molecule has 0 unspecified atom stereocenters. The summed E-state index contributed by atoms with van der Waals surface area (Å²) in [5, 5.41) is 8.12. The molecule has 0 spiro atoms. The van der Waals surface area contributed by atoms with Gasteiger partial charge >= 0.3 is 0 Å². The number of ether oxygens (including phenoxy) is 1. The van der Waals surface area contributed by atoms with E-state index in [0.29, 0.717) is 31.0 Å². The molecule has 1 amide bonds. The Morgan fingerprint density at radius 2 is 2.36 bits per heavy atom. The number of nitrogens with one attached hydrogen (secondary N) is 2. The van der Waals surface area contributed by atoms with Crippen molar-refractivity contribution >= 4 is 17.2 Å². The van der Waals surface area contributed by atoms with Crippen molar-refractivity contribution in [1.29, 1.82) is 0 Å². The summed E-state index contributed by atoms with van der Waals surface area (Å²) >= 11 is 1.57. The van der Waals surface area contributed by atoms with Gasteiger partial charge in [0.2, 0.25) is 5.89 Å². The molecule has 1 aliphatic rings. The summed E-state index contributed by atoms with van der Waals surface area (Å²) in [6, 6.07) is 3.90. The van der Waals surface area contributed by atoms with E-state index in [2.05, 4.69) is 15.6 Å². The van der Waals surface area contributed by atoms with Crippen LogP contribution in [0.2, 0.25) is 0 Å². The molecule has 1 fully saturated rings. The highest BCUT2D eigenvalue weighted by atomic mass is 32.1. The Balaban J connectivity index is 1.61. The van der Waals surface area contributed by atoms with Crippen molar-refractivity contribution in [2.45, 2.75) is 25.0 Å². The van der Waals surface area contributed by atoms with Crippen molar-refractivity contribution in [3.8, 4) is 10.8 Å². The average molecular weight is 321 g/mol. The number of amides is 1. The maximum Gasteiger partial charge on any atom is 0.252 e. The minimum absolute atomic E-state index is 0.0860. The molecular formula is C15H19N3O3S. The molecule has 0 aliphatic carbocycles. The Hall–Kier alpha value is -1.70. The Morgan fingerprint density at radius 3 is 3.05 bits per heavy atom. The number of piperidine rings is 1. The highest BCUT2D eigenvalue weighted by Crippen LogP contribution is 2.24. The van der Waals surface area contributed by atoms with Crippen LogP contribution in [0.25, 0.3) is 10.8 Å². The topological polar surface area (TPSA) is 76.4 Å². The molecule has 6 nitrogen and oxygen atoms in total. The van der Waals surface area contributed by atoms with Gasteiger partial charge < -0.3 is 19.8 Å². The molecule has 7 heteroatoms. The van der Waals surface area contributed by atoms with Crippen LogP contribution < -0.4 is 10.6 Å². The second-order valence-electron chi connectivity index (χ2n) is 5.25. The molecule has 0 radical (unpaired) electrons. The number of oxazole rings is 1. The number of nitrogens with zero attached hydrogens (tertiary/aromatic N) is 1. The molecule has 0 atom stereocenters. The van der Waals surface area contributed by atoms with Gasteiger partial charge in [0, 0.05) is 7.11 Å². The summed E-state index contributed by atoms with van der Waals surface area (Å²) in [4.78, 5) is 17.8. The van der Waals surface area contributed by atoms with E-state index in [1.54, 1.807) is 24.7 Å². The SMILES string of the molecule is COC1(C(=O)NCc2coc(-c3cccs3)n2)CCNCC1. The quantitative estimate of drug-likeness (QED) is 0.878. The summed E-state index contributed by atoms with van der Waals surface area (Å²) < 4.78 is 10.9. The molecule has 1 aliphatic heterocycles. The lowest BCUT2D eigenvalue weighted by atomic mass is 9.91. The van der Waals surface area contributed by atoms with Gasteiger partial charge in [-0.05, 0) is 37.4 Å². The van der Waals surface area contributed by atoms with Gasteiger partial charge in [0.15, 0.2) is 0 Å². The molecular weight excluding hydrogens is 302 g/mol. The lowest BCUT2D eigenvalue weighted by molar-refractivity contribution is -0.146. The third kappa shape index (κ3) is 3.06. The summed E-state index contributed by atoms with van der Waals surface area (Å²) in [5.41, 5.74) is -0.0251. The first-order valence-corrected chi connectivity index (χ1v) is 8.14. The normalized spacial score (nSPS) is 17.3. The van der Waals surface area contributed by atoms with Gasteiger partial charge in [0.05, 0.1) is 17.1 Å². The van der Waals surface area contributed by atoms with Crippen molar-refractivity contribution in [3.05, 3.63) is 29.5 Å². The monoisotopic (exact) mass is 321 g/mol. The summed E-state index contributed by atoms with van der Waals surface area (Å²) in [5.74, 6) is 0.500. The van der Waals surface area contributed by atoms with E-state index in [1.807, 2.05) is 17.5 Å². The first-order valence-electron chi connectivity index (χ1n) is 7.26. The molecule has 0 saturated carbocycles. The molecule has 0 aromatic carbocycles. The van der Waals surface area contributed by atoms with Crippen LogP contribution in [0.4, 0.5) is 0 Å². The van der Waals surface area contributed by atoms with Crippen LogP contribution in [0, 0.1) is 0 Å². The first kappa shape index (κ1) is 15.2. The zero-order chi connectivity index (χ0) is 15.4. The highest BCUT2D eigenvalue weighted by molar-refractivity contribution is 7.13. The first-order chi connectivity index (χ1) is 10.7. The van der Waals surface area contributed by atoms with E-state index in [1.165, 1.54) is 0 Å².